The molecule has 6 rings (SSSR count). The van der Waals surface area contributed by atoms with Gasteiger partial charge >= 0.3 is 0 Å². The Morgan fingerprint density at radius 3 is 2.33 bits per heavy atom. The van der Waals surface area contributed by atoms with Crippen molar-refractivity contribution in [1.29, 1.82) is 0 Å². The number of H-pyrrole nitrogens is 1. The first kappa shape index (κ1) is 25.4. The Kier molecular flexibility index (Phi) is 6.60. The molecule has 0 saturated carbocycles. The Bertz CT molecular complexity index is 1670. The largest absolute Gasteiger partial charge is 0.507 e. The smallest absolute Gasteiger partial charge is 0.273 e. The number of carbonyl (C=O) groups excluding carboxylic acids is 1. The quantitative estimate of drug-likeness (QED) is 0.237. The van der Waals surface area contributed by atoms with Crippen LogP contribution in [0.5, 0.6) is 11.5 Å². The standard InChI is InChI=1S/C34H31N3O3/c1-21-9-11-24(12-10-21)19-37-32(26-13-15-27(16-14-26)40-20-25-7-5-4-6-8-25)29-30(35-36-31(29)34(37)39)28-18-22(2)17-23(3)33(28)38/h4-18,32,38H,19-20H2,1-3H3,(H,35,36). The van der Waals surface area contributed by atoms with Crippen LogP contribution in [0.15, 0.2) is 91.0 Å². The molecule has 1 aliphatic heterocycles. The first-order chi connectivity index (χ1) is 19.4. The van der Waals surface area contributed by atoms with Gasteiger partial charge in [-0.05, 0) is 66.8 Å². The van der Waals surface area contributed by atoms with Gasteiger partial charge in [0.1, 0.15) is 29.5 Å². The van der Waals surface area contributed by atoms with Crippen molar-refractivity contribution >= 4 is 5.91 Å². The van der Waals surface area contributed by atoms with Gasteiger partial charge in [0.05, 0.1) is 6.04 Å². The van der Waals surface area contributed by atoms with Crippen LogP contribution in [-0.2, 0) is 13.2 Å². The van der Waals surface area contributed by atoms with Crippen molar-refractivity contribution in [2.75, 3.05) is 0 Å². The van der Waals surface area contributed by atoms with Crippen LogP contribution >= 0.6 is 0 Å². The van der Waals surface area contributed by atoms with Crippen molar-refractivity contribution in [3.05, 3.63) is 136 Å². The van der Waals surface area contributed by atoms with E-state index in [9.17, 15) is 9.90 Å². The van der Waals surface area contributed by atoms with Gasteiger partial charge in [-0.15, -0.1) is 0 Å². The summed E-state index contributed by atoms with van der Waals surface area (Å²) in [6, 6.07) is 29.6. The number of nitrogens with zero attached hydrogens (tertiary/aromatic N) is 2. The first-order valence-corrected chi connectivity index (χ1v) is 13.4. The maximum absolute atomic E-state index is 13.8. The van der Waals surface area contributed by atoms with Gasteiger partial charge < -0.3 is 14.7 Å². The van der Waals surface area contributed by atoms with Crippen LogP contribution in [-0.4, -0.2) is 26.1 Å². The summed E-state index contributed by atoms with van der Waals surface area (Å²) in [7, 11) is 0. The van der Waals surface area contributed by atoms with E-state index in [0.29, 0.717) is 30.1 Å². The van der Waals surface area contributed by atoms with Gasteiger partial charge in [-0.1, -0.05) is 78.4 Å². The Hall–Kier alpha value is -4.84. The van der Waals surface area contributed by atoms with Crippen molar-refractivity contribution in [2.45, 2.75) is 40.0 Å². The van der Waals surface area contributed by atoms with Gasteiger partial charge in [0.25, 0.3) is 5.91 Å². The van der Waals surface area contributed by atoms with Gasteiger partial charge in [-0.3, -0.25) is 9.89 Å². The molecule has 1 atom stereocenters. The highest BCUT2D eigenvalue weighted by Gasteiger charge is 2.42. The number of aryl methyl sites for hydroxylation is 3. The molecule has 0 radical (unpaired) electrons. The molecule has 200 valence electrons. The number of hydrogen-bond acceptors (Lipinski definition) is 4. The molecule has 1 aliphatic rings. The third-order valence-electron chi connectivity index (χ3n) is 7.48. The maximum Gasteiger partial charge on any atom is 0.273 e. The van der Waals surface area contributed by atoms with Crippen LogP contribution < -0.4 is 4.74 Å². The minimum atomic E-state index is -0.388. The van der Waals surface area contributed by atoms with E-state index in [0.717, 1.165) is 39.1 Å². The molecule has 0 spiro atoms. The van der Waals surface area contributed by atoms with E-state index in [1.54, 1.807) is 0 Å². The fourth-order valence-electron chi connectivity index (χ4n) is 5.43. The highest BCUT2D eigenvalue weighted by molar-refractivity contribution is 6.00. The number of phenols is 1. The molecule has 0 bridgehead atoms. The normalized spacial score (nSPS) is 14.4. The average Bonchev–Trinajstić information content (AvgIpc) is 3.50. The van der Waals surface area contributed by atoms with Crippen molar-refractivity contribution in [3.8, 4) is 22.8 Å². The zero-order chi connectivity index (χ0) is 27.8. The lowest BCUT2D eigenvalue weighted by Crippen LogP contribution is -2.29. The SMILES string of the molecule is Cc1ccc(CN2C(=O)c3[nH]nc(-c4cc(C)cc(C)c4O)c3C2c2ccc(OCc3ccccc3)cc2)cc1. The monoisotopic (exact) mass is 529 g/mol. The summed E-state index contributed by atoms with van der Waals surface area (Å²) >= 11 is 0. The number of aromatic nitrogens is 2. The fraction of sp³-hybridized carbons (Fsp3) is 0.176. The summed E-state index contributed by atoms with van der Waals surface area (Å²) < 4.78 is 6.02. The number of aromatic amines is 1. The molecule has 40 heavy (non-hydrogen) atoms. The van der Waals surface area contributed by atoms with Gasteiger partial charge in [0.15, 0.2) is 0 Å². The van der Waals surface area contributed by atoms with Gasteiger partial charge in [0, 0.05) is 17.7 Å². The predicted molar refractivity (Wildman–Crippen MR) is 155 cm³/mol. The van der Waals surface area contributed by atoms with Crippen molar-refractivity contribution < 1.29 is 14.6 Å². The molecule has 1 amide bonds. The number of fused-ring (bicyclic) bond motifs is 1. The molecule has 0 saturated heterocycles. The number of carbonyl (C=O) groups is 1. The lowest BCUT2D eigenvalue weighted by Gasteiger charge is -2.27. The lowest BCUT2D eigenvalue weighted by atomic mass is 9.94. The number of ether oxygens (including phenoxy) is 1. The second-order valence-corrected chi connectivity index (χ2v) is 10.5. The summed E-state index contributed by atoms with van der Waals surface area (Å²) in [5.74, 6) is 0.807. The van der Waals surface area contributed by atoms with Crippen LogP contribution in [0.2, 0.25) is 0 Å². The maximum atomic E-state index is 13.8. The van der Waals surface area contributed by atoms with Crippen LogP contribution in [0.4, 0.5) is 0 Å². The van der Waals surface area contributed by atoms with E-state index in [2.05, 4.69) is 34.5 Å². The van der Waals surface area contributed by atoms with Crippen LogP contribution in [0.3, 0.4) is 0 Å². The average molecular weight is 530 g/mol. The Morgan fingerprint density at radius 2 is 1.60 bits per heavy atom. The molecule has 5 aromatic rings. The number of phenolic OH excluding ortho intramolecular Hbond substituents is 1. The fourth-order valence-corrected chi connectivity index (χ4v) is 5.43. The molecule has 2 N–H and O–H groups in total. The topological polar surface area (TPSA) is 78.5 Å². The van der Waals surface area contributed by atoms with Crippen molar-refractivity contribution in [3.63, 3.8) is 0 Å². The van der Waals surface area contributed by atoms with Crippen LogP contribution in [0.1, 0.15) is 55.5 Å². The molecule has 1 aromatic heterocycles. The minimum Gasteiger partial charge on any atom is -0.507 e. The van der Waals surface area contributed by atoms with Gasteiger partial charge in [-0.25, -0.2) is 0 Å². The molecule has 6 heteroatoms. The number of aromatic hydroxyl groups is 1. The second-order valence-electron chi connectivity index (χ2n) is 10.5. The molecular formula is C34H31N3O3. The van der Waals surface area contributed by atoms with E-state index in [-0.39, 0.29) is 17.7 Å². The first-order valence-electron chi connectivity index (χ1n) is 13.4. The predicted octanol–water partition coefficient (Wildman–Crippen LogP) is 7.03. The lowest BCUT2D eigenvalue weighted by molar-refractivity contribution is 0.0730. The molecule has 0 fully saturated rings. The summed E-state index contributed by atoms with van der Waals surface area (Å²) in [6.45, 7) is 6.83. The summed E-state index contributed by atoms with van der Waals surface area (Å²) in [5.41, 5.74) is 8.47. The molecule has 0 aliphatic carbocycles. The molecule has 2 heterocycles. The highest BCUT2D eigenvalue weighted by atomic mass is 16.5. The van der Waals surface area contributed by atoms with E-state index < -0.39 is 0 Å². The van der Waals surface area contributed by atoms with E-state index in [1.807, 2.05) is 92.4 Å². The van der Waals surface area contributed by atoms with E-state index >= 15 is 0 Å². The minimum absolute atomic E-state index is 0.118. The molecular weight excluding hydrogens is 498 g/mol. The number of nitrogens with one attached hydrogen (secondary N) is 1. The molecule has 6 nitrogen and oxygen atoms in total. The third-order valence-corrected chi connectivity index (χ3v) is 7.48. The third kappa shape index (κ3) is 4.73. The zero-order valence-corrected chi connectivity index (χ0v) is 22.8. The summed E-state index contributed by atoms with van der Waals surface area (Å²) in [6.07, 6.45) is 0. The van der Waals surface area contributed by atoms with Gasteiger partial charge in [0.2, 0.25) is 0 Å². The van der Waals surface area contributed by atoms with E-state index in [4.69, 9.17) is 4.74 Å². The van der Waals surface area contributed by atoms with Crippen molar-refractivity contribution in [1.82, 2.24) is 15.1 Å². The van der Waals surface area contributed by atoms with Crippen LogP contribution in [0.25, 0.3) is 11.3 Å². The van der Waals surface area contributed by atoms with Crippen LogP contribution in [0, 0.1) is 20.8 Å². The molecule has 1 unspecified atom stereocenters. The number of amides is 1. The number of benzene rings is 4. The highest BCUT2D eigenvalue weighted by Crippen LogP contribution is 2.46. The molecule has 4 aromatic carbocycles. The Balaban J connectivity index is 1.40. The van der Waals surface area contributed by atoms with Crippen molar-refractivity contribution in [2.24, 2.45) is 0 Å². The van der Waals surface area contributed by atoms with E-state index in [1.165, 1.54) is 5.56 Å². The zero-order valence-electron chi connectivity index (χ0n) is 22.8. The summed E-state index contributed by atoms with van der Waals surface area (Å²) in [5, 5.41) is 18.5. The number of rotatable bonds is 7. The Labute approximate surface area is 233 Å². The second kappa shape index (κ2) is 10.4. The summed E-state index contributed by atoms with van der Waals surface area (Å²) in [4.78, 5) is 15.7. The van der Waals surface area contributed by atoms with Gasteiger partial charge in [-0.2, -0.15) is 5.10 Å². The Morgan fingerprint density at radius 1 is 0.875 bits per heavy atom. The number of hydrogen-bond donors (Lipinski definition) is 2.